The van der Waals surface area contributed by atoms with Crippen molar-refractivity contribution >= 4 is 22.7 Å². The molecule has 3 N–H and O–H groups in total. The molecule has 1 aromatic heterocycles. The summed E-state index contributed by atoms with van der Waals surface area (Å²) in [6.07, 6.45) is 4.50. The van der Waals surface area contributed by atoms with Gasteiger partial charge in [0.25, 0.3) is 5.91 Å². The van der Waals surface area contributed by atoms with Crippen LogP contribution in [0.25, 0.3) is 22.0 Å². The predicted molar refractivity (Wildman–Crippen MR) is 117 cm³/mol. The number of carbonyl (C=O) groups is 2. The Morgan fingerprint density at radius 1 is 0.867 bits per heavy atom. The molecule has 0 bridgehead atoms. The number of hydrogen-bond acceptors (Lipinski definition) is 3. The van der Waals surface area contributed by atoms with E-state index in [9.17, 15) is 9.59 Å². The van der Waals surface area contributed by atoms with Crippen LogP contribution in [0.15, 0.2) is 54.7 Å². The number of hydrogen-bond donors (Lipinski definition) is 2. The summed E-state index contributed by atoms with van der Waals surface area (Å²) in [7, 11) is 0. The zero-order valence-corrected chi connectivity index (χ0v) is 16.9. The van der Waals surface area contributed by atoms with Gasteiger partial charge in [-0.25, -0.2) is 0 Å². The maximum Gasteiger partial charge on any atom is 0.253 e. The van der Waals surface area contributed by atoms with E-state index in [-0.39, 0.29) is 11.8 Å². The molecule has 6 heteroatoms. The number of nitrogens with one attached hydrogen (secondary N) is 1. The minimum Gasteiger partial charge on any atom is -0.361 e. The largest absolute Gasteiger partial charge is 0.361 e. The van der Waals surface area contributed by atoms with Crippen molar-refractivity contribution < 1.29 is 9.59 Å². The van der Waals surface area contributed by atoms with Crippen molar-refractivity contribution in [1.82, 2.24) is 14.8 Å². The predicted octanol–water partition coefficient (Wildman–Crippen LogP) is 3.00. The Balaban J connectivity index is 1.24. The maximum absolute atomic E-state index is 12.9. The second-order valence-corrected chi connectivity index (χ2v) is 8.45. The Hall–Kier alpha value is -3.12. The van der Waals surface area contributed by atoms with E-state index in [4.69, 9.17) is 5.73 Å². The summed E-state index contributed by atoms with van der Waals surface area (Å²) in [6, 6.07) is 16.1. The summed E-state index contributed by atoms with van der Waals surface area (Å²) in [4.78, 5) is 32.4. The Bertz CT molecular complexity index is 1090. The van der Waals surface area contributed by atoms with Gasteiger partial charge < -0.3 is 20.5 Å². The molecule has 0 radical (unpaired) electrons. The fourth-order valence-electron chi connectivity index (χ4n) is 4.42. The van der Waals surface area contributed by atoms with E-state index < -0.39 is 5.54 Å². The lowest BCUT2D eigenvalue weighted by atomic mass is 9.76. The zero-order valence-electron chi connectivity index (χ0n) is 16.9. The van der Waals surface area contributed by atoms with E-state index in [1.54, 1.807) is 0 Å². The Labute approximate surface area is 175 Å². The summed E-state index contributed by atoms with van der Waals surface area (Å²) in [6.45, 7) is 2.20. The van der Waals surface area contributed by atoms with Crippen molar-refractivity contribution in [2.75, 3.05) is 26.2 Å². The molecule has 5 rings (SSSR count). The van der Waals surface area contributed by atoms with Crippen LogP contribution in [-0.4, -0.2) is 58.3 Å². The molecule has 0 atom stereocenters. The Morgan fingerprint density at radius 3 is 2.20 bits per heavy atom. The monoisotopic (exact) mass is 402 g/mol. The second kappa shape index (κ2) is 7.29. The van der Waals surface area contributed by atoms with Gasteiger partial charge in [-0.2, -0.15) is 0 Å². The molecule has 1 saturated carbocycles. The van der Waals surface area contributed by atoms with Crippen LogP contribution in [0.5, 0.6) is 0 Å². The smallest absolute Gasteiger partial charge is 0.253 e. The quantitative estimate of drug-likeness (QED) is 0.707. The zero-order chi connectivity index (χ0) is 20.7. The van der Waals surface area contributed by atoms with Crippen molar-refractivity contribution in [1.29, 1.82) is 0 Å². The molecule has 0 spiro atoms. The van der Waals surface area contributed by atoms with E-state index in [0.29, 0.717) is 31.7 Å². The minimum atomic E-state index is -0.661. The first-order valence-corrected chi connectivity index (χ1v) is 10.6. The third-order valence-electron chi connectivity index (χ3n) is 6.54. The first kappa shape index (κ1) is 18.9. The van der Waals surface area contributed by atoms with Gasteiger partial charge in [-0.05, 0) is 66.1 Å². The normalized spacial score (nSPS) is 18.3. The number of rotatable bonds is 3. The standard InChI is InChI=1S/C24H26N4O2/c25-24(9-1-10-24)23(30)28-14-12-27(13-15-28)22(29)18-4-2-17(3-5-18)19-6-7-21-20(16-19)8-11-26-21/h2-8,11,16,26H,1,9-10,12-15,25H2. The summed E-state index contributed by atoms with van der Waals surface area (Å²) in [5.41, 5.74) is 9.51. The topological polar surface area (TPSA) is 82.4 Å². The highest BCUT2D eigenvalue weighted by atomic mass is 16.2. The fourth-order valence-corrected chi connectivity index (χ4v) is 4.42. The molecule has 2 amide bonds. The lowest BCUT2D eigenvalue weighted by Crippen LogP contribution is -2.62. The van der Waals surface area contributed by atoms with Crippen LogP contribution in [0.1, 0.15) is 29.6 Å². The van der Waals surface area contributed by atoms with Gasteiger partial charge in [-0.15, -0.1) is 0 Å². The molecule has 0 unspecified atom stereocenters. The van der Waals surface area contributed by atoms with Crippen LogP contribution in [0.4, 0.5) is 0 Å². The van der Waals surface area contributed by atoms with E-state index in [1.165, 1.54) is 5.39 Å². The Morgan fingerprint density at radius 2 is 1.53 bits per heavy atom. The van der Waals surface area contributed by atoms with Gasteiger partial charge in [0.15, 0.2) is 0 Å². The first-order valence-electron chi connectivity index (χ1n) is 10.6. The van der Waals surface area contributed by atoms with Crippen LogP contribution in [0.2, 0.25) is 0 Å². The molecule has 3 aromatic rings. The summed E-state index contributed by atoms with van der Waals surface area (Å²) < 4.78 is 0. The fraction of sp³-hybridized carbons (Fsp3) is 0.333. The summed E-state index contributed by atoms with van der Waals surface area (Å²) in [5.74, 6) is 0.0606. The second-order valence-electron chi connectivity index (χ2n) is 8.45. The van der Waals surface area contributed by atoms with Gasteiger partial charge in [0.1, 0.15) is 0 Å². The number of aromatic amines is 1. The minimum absolute atomic E-state index is 0.0147. The molecule has 6 nitrogen and oxygen atoms in total. The number of benzene rings is 2. The molecule has 1 saturated heterocycles. The SMILES string of the molecule is NC1(C(=O)N2CCN(C(=O)c3ccc(-c4ccc5[nH]ccc5c4)cc3)CC2)CCC1. The number of fused-ring (bicyclic) bond motifs is 1. The number of piperazine rings is 1. The van der Waals surface area contributed by atoms with Gasteiger partial charge in [-0.3, -0.25) is 9.59 Å². The van der Waals surface area contributed by atoms with E-state index in [2.05, 4.69) is 29.2 Å². The van der Waals surface area contributed by atoms with E-state index in [0.717, 1.165) is 35.9 Å². The Kier molecular flexibility index (Phi) is 4.59. The number of nitrogens with zero attached hydrogens (tertiary/aromatic N) is 2. The highest BCUT2D eigenvalue weighted by molar-refractivity contribution is 5.95. The van der Waals surface area contributed by atoms with Crippen LogP contribution < -0.4 is 5.73 Å². The molecule has 2 fully saturated rings. The molecule has 30 heavy (non-hydrogen) atoms. The third kappa shape index (κ3) is 3.27. The van der Waals surface area contributed by atoms with Crippen LogP contribution >= 0.6 is 0 Å². The summed E-state index contributed by atoms with van der Waals surface area (Å²) >= 11 is 0. The molecule has 2 heterocycles. The van der Waals surface area contributed by atoms with Gasteiger partial charge >= 0.3 is 0 Å². The van der Waals surface area contributed by atoms with Crippen molar-refractivity contribution in [2.24, 2.45) is 5.73 Å². The maximum atomic E-state index is 12.9. The molecular formula is C24H26N4O2. The van der Waals surface area contributed by atoms with Gasteiger partial charge in [-0.1, -0.05) is 18.2 Å². The van der Waals surface area contributed by atoms with Crippen molar-refractivity contribution in [2.45, 2.75) is 24.8 Å². The summed E-state index contributed by atoms with van der Waals surface area (Å²) in [5, 5.41) is 1.17. The molecule has 1 aliphatic heterocycles. The molecular weight excluding hydrogens is 376 g/mol. The number of amides is 2. The van der Waals surface area contributed by atoms with Gasteiger partial charge in [0.05, 0.1) is 5.54 Å². The number of carbonyl (C=O) groups excluding carboxylic acids is 2. The molecule has 154 valence electrons. The van der Waals surface area contributed by atoms with E-state index in [1.807, 2.05) is 40.3 Å². The average Bonchev–Trinajstić information content (AvgIpc) is 3.24. The number of H-pyrrole nitrogens is 1. The van der Waals surface area contributed by atoms with Crippen LogP contribution in [0, 0.1) is 0 Å². The molecule has 2 aromatic carbocycles. The number of nitrogens with two attached hydrogens (primary N) is 1. The first-order chi connectivity index (χ1) is 14.5. The highest BCUT2D eigenvalue weighted by Crippen LogP contribution is 2.31. The lowest BCUT2D eigenvalue weighted by Gasteiger charge is -2.43. The lowest BCUT2D eigenvalue weighted by molar-refractivity contribution is -0.141. The van der Waals surface area contributed by atoms with Crippen molar-refractivity contribution in [3.63, 3.8) is 0 Å². The molecule has 2 aliphatic rings. The van der Waals surface area contributed by atoms with Crippen LogP contribution in [0.3, 0.4) is 0 Å². The van der Waals surface area contributed by atoms with Crippen molar-refractivity contribution in [3.05, 3.63) is 60.3 Å². The third-order valence-corrected chi connectivity index (χ3v) is 6.54. The molecule has 1 aliphatic carbocycles. The van der Waals surface area contributed by atoms with Crippen LogP contribution in [-0.2, 0) is 4.79 Å². The van der Waals surface area contributed by atoms with Crippen molar-refractivity contribution in [3.8, 4) is 11.1 Å². The van der Waals surface area contributed by atoms with E-state index >= 15 is 0 Å². The van der Waals surface area contributed by atoms with Gasteiger partial charge in [0.2, 0.25) is 5.91 Å². The average molecular weight is 402 g/mol. The highest BCUT2D eigenvalue weighted by Gasteiger charge is 2.43. The van der Waals surface area contributed by atoms with Gasteiger partial charge in [0, 0.05) is 43.5 Å². The number of aromatic nitrogens is 1.